The molecule has 41 heteroatoms. The van der Waals surface area contributed by atoms with Gasteiger partial charge in [0.25, 0.3) is 0 Å². The van der Waals surface area contributed by atoms with E-state index in [-0.39, 0.29) is 64.0 Å². The molecule has 5 rings (SSSR count). The fourth-order valence-electron chi connectivity index (χ4n) is 11.3. The number of unbranched alkanes of at least 4 members (excludes halogenated alkanes) is 1. The fraction of sp³-hybridized carbons (Fsp3) is 0.696. The first-order chi connectivity index (χ1) is 52.8. The van der Waals surface area contributed by atoms with Crippen LogP contribution in [0, 0.1) is 11.8 Å². The van der Waals surface area contributed by atoms with Crippen LogP contribution in [0.2, 0.25) is 0 Å². The first kappa shape index (κ1) is 92.5. The number of nitrogens with one attached hydrogen (secondary N) is 10. The van der Waals surface area contributed by atoms with E-state index in [2.05, 4.69) is 63.1 Å². The Morgan fingerprint density at radius 3 is 1.98 bits per heavy atom. The SMILES string of the molecule is CCC(=O)NCc1cn(CCOCCOCCOCCOCCOCCOCCOCCNC(=O)NCCCCSCc2c(O)ccc3c4c([nH]c23)[S+]([O-])C[C@H](NC(=O)CNC(=O)[C@@H](NC(=O)CC)[C@@H](C)CC)C(=O)N[C@@H](CCC(N)=O)C(=O)N2C[C@H](O)C[C@H]2C(=O)N[C@@H]([C@@H](C)[C@@H](O)CO)C(=O)N[C@H](C(N)=O)C4)nn1. The van der Waals surface area contributed by atoms with Gasteiger partial charge in [-0.05, 0) is 43.1 Å². The van der Waals surface area contributed by atoms with E-state index >= 15 is 4.55 Å². The largest absolute Gasteiger partial charge is 0.610 e. The van der Waals surface area contributed by atoms with Crippen molar-refractivity contribution >= 4 is 98.9 Å². The van der Waals surface area contributed by atoms with Gasteiger partial charge in [0.1, 0.15) is 47.4 Å². The van der Waals surface area contributed by atoms with E-state index in [1.54, 1.807) is 38.6 Å². The number of phenolic OH excluding ortho intramolecular Hbond substituents is 1. The second kappa shape index (κ2) is 50.7. The van der Waals surface area contributed by atoms with Crippen molar-refractivity contribution in [1.82, 2.24) is 72.7 Å². The number of H-pyrrole nitrogens is 1. The van der Waals surface area contributed by atoms with Crippen LogP contribution < -0.4 is 59.3 Å². The maximum Gasteiger partial charge on any atom is 0.314 e. The molecule has 2 aliphatic rings. The predicted octanol–water partition coefficient (Wildman–Crippen LogP) is -4.02. The molecule has 4 heterocycles. The minimum absolute atomic E-state index is 0.0490. The van der Waals surface area contributed by atoms with Crippen LogP contribution in [0.1, 0.15) is 103 Å². The van der Waals surface area contributed by atoms with Crippen molar-refractivity contribution in [3.05, 3.63) is 35.2 Å². The minimum Gasteiger partial charge on any atom is -0.610 e. The molecule has 18 N–H and O–H groups in total. The number of amides is 12. The molecule has 3 aromatic rings. The van der Waals surface area contributed by atoms with Gasteiger partial charge in [0.2, 0.25) is 64.1 Å². The van der Waals surface area contributed by atoms with Gasteiger partial charge in [-0.15, -0.1) is 5.10 Å². The number of hydrogen-bond donors (Lipinski definition) is 16. The number of hydrogen-bond acceptors (Lipinski definition) is 26. The summed E-state index contributed by atoms with van der Waals surface area (Å²) in [5.41, 5.74) is 12.7. The number of ether oxygens (including phenoxy) is 7. The third-order valence-corrected chi connectivity index (χ3v) is 20.4. The number of fused-ring (bicyclic) bond motifs is 4. The number of phenols is 1. The topological polar surface area (TPSA) is 566 Å². The normalized spacial score (nSPS) is 19.6. The summed E-state index contributed by atoms with van der Waals surface area (Å²) in [6.45, 7) is 12.7. The van der Waals surface area contributed by atoms with E-state index < -0.39 is 182 Å². The Kier molecular flexibility index (Phi) is 42.7. The van der Waals surface area contributed by atoms with Crippen molar-refractivity contribution in [1.29, 1.82) is 0 Å². The molecule has 11 atom stereocenters. The summed E-state index contributed by atoms with van der Waals surface area (Å²) < 4.78 is 55.7. The third kappa shape index (κ3) is 32.3. The van der Waals surface area contributed by atoms with Crippen LogP contribution in [0.15, 0.2) is 23.4 Å². The highest BCUT2D eigenvalue weighted by Crippen LogP contribution is 2.36. The Morgan fingerprint density at radius 2 is 1.38 bits per heavy atom. The number of thioether (sulfide) groups is 1. The zero-order valence-corrected chi connectivity index (χ0v) is 64.8. The van der Waals surface area contributed by atoms with Crippen molar-refractivity contribution in [2.45, 2.75) is 165 Å². The van der Waals surface area contributed by atoms with Gasteiger partial charge < -0.3 is 127 Å². The summed E-state index contributed by atoms with van der Waals surface area (Å²) in [6, 6.07) is -7.34. The van der Waals surface area contributed by atoms with Crippen molar-refractivity contribution in [2.24, 2.45) is 23.3 Å². The number of aromatic nitrogens is 4. The van der Waals surface area contributed by atoms with Gasteiger partial charge in [0.05, 0.1) is 143 Å². The molecule has 12 amide bonds. The summed E-state index contributed by atoms with van der Waals surface area (Å²) in [5, 5.41) is 74.7. The molecule has 0 aliphatic carbocycles. The number of carbonyl (C=O) groups is 11. The number of rotatable bonds is 49. The van der Waals surface area contributed by atoms with E-state index in [0.29, 0.717) is 143 Å². The molecule has 0 saturated carbocycles. The summed E-state index contributed by atoms with van der Waals surface area (Å²) in [4.78, 5) is 152. The number of primary amides is 2. The number of urea groups is 1. The van der Waals surface area contributed by atoms with Crippen molar-refractivity contribution < 1.29 is 111 Å². The number of aliphatic hydroxyl groups is 3. The number of benzene rings is 1. The lowest BCUT2D eigenvalue weighted by molar-refractivity contribution is -0.143. The predicted molar refractivity (Wildman–Crippen MR) is 398 cm³/mol. The Morgan fingerprint density at radius 1 is 0.764 bits per heavy atom. The lowest BCUT2D eigenvalue weighted by atomic mass is 9.93. The monoisotopic (exact) mass is 1600 g/mol. The Hall–Kier alpha value is -8.07. The van der Waals surface area contributed by atoms with Crippen molar-refractivity contribution in [3.8, 4) is 5.75 Å². The molecule has 1 saturated heterocycles. The van der Waals surface area contributed by atoms with Crippen LogP contribution >= 0.6 is 11.8 Å². The number of nitrogens with two attached hydrogens (primary N) is 2. The van der Waals surface area contributed by atoms with Gasteiger partial charge in [-0.1, -0.05) is 46.3 Å². The number of carbonyl (C=O) groups excluding carboxylic acids is 11. The van der Waals surface area contributed by atoms with E-state index in [1.807, 2.05) is 0 Å². The number of aromatic amines is 1. The smallest absolute Gasteiger partial charge is 0.314 e. The van der Waals surface area contributed by atoms with Gasteiger partial charge in [0, 0.05) is 91.1 Å². The third-order valence-electron chi connectivity index (χ3n) is 17.9. The lowest BCUT2D eigenvalue weighted by Gasteiger charge is -2.32. The maximum absolute atomic E-state index is 15.3. The van der Waals surface area contributed by atoms with Gasteiger partial charge in [-0.2, -0.15) is 11.8 Å². The van der Waals surface area contributed by atoms with Crippen LogP contribution in [0.4, 0.5) is 4.79 Å². The van der Waals surface area contributed by atoms with Crippen LogP contribution in [0.25, 0.3) is 10.9 Å². The van der Waals surface area contributed by atoms with E-state index in [9.17, 15) is 73.2 Å². The summed E-state index contributed by atoms with van der Waals surface area (Å²) >= 11 is -1.10. The van der Waals surface area contributed by atoms with Crippen LogP contribution in [-0.2, 0) is 118 Å². The van der Waals surface area contributed by atoms with Gasteiger partial charge in [-0.25, -0.2) is 9.48 Å². The van der Waals surface area contributed by atoms with Gasteiger partial charge in [-0.3, -0.25) is 47.9 Å². The zero-order chi connectivity index (χ0) is 80.5. The average Bonchev–Trinajstić information content (AvgIpc) is 1.61. The molecule has 1 unspecified atom stereocenters. The quantitative estimate of drug-likeness (QED) is 0.0189. The Bertz CT molecular complexity index is 3410. The second-order valence-electron chi connectivity index (χ2n) is 26.1. The summed E-state index contributed by atoms with van der Waals surface area (Å²) in [6.07, 6.45) is -1.18. The van der Waals surface area contributed by atoms with Crippen molar-refractivity contribution in [2.75, 3.05) is 137 Å². The second-order valence-corrected chi connectivity index (χ2v) is 28.6. The van der Waals surface area contributed by atoms with Gasteiger partial charge >= 0.3 is 6.03 Å². The van der Waals surface area contributed by atoms with Crippen LogP contribution in [0.5, 0.6) is 5.75 Å². The molecule has 0 bridgehead atoms. The highest BCUT2D eigenvalue weighted by atomic mass is 32.2. The van der Waals surface area contributed by atoms with E-state index in [1.165, 1.54) is 30.8 Å². The molecule has 618 valence electrons. The average molecular weight is 1600 g/mol. The minimum atomic E-state index is -2.49. The van der Waals surface area contributed by atoms with Crippen molar-refractivity contribution in [3.63, 3.8) is 0 Å². The van der Waals surface area contributed by atoms with Crippen LogP contribution in [0.3, 0.4) is 0 Å². The zero-order valence-electron chi connectivity index (χ0n) is 63.1. The fourth-order valence-corrected chi connectivity index (χ4v) is 13.8. The molecule has 110 heavy (non-hydrogen) atoms. The van der Waals surface area contributed by atoms with E-state index in [4.69, 9.17) is 44.6 Å². The van der Waals surface area contributed by atoms with Crippen LogP contribution in [-0.4, -0.2) is 300 Å². The molecule has 0 radical (unpaired) electrons. The number of nitrogens with zero attached hydrogens (tertiary/aromatic N) is 4. The molecule has 1 aromatic carbocycles. The number of aliphatic hydroxyl groups excluding tert-OH is 3. The van der Waals surface area contributed by atoms with E-state index in [0.717, 1.165) is 4.90 Å². The highest BCUT2D eigenvalue weighted by Gasteiger charge is 2.45. The molecule has 1 fully saturated rings. The molecule has 2 aliphatic heterocycles. The first-order valence-corrected chi connectivity index (χ1v) is 39.4. The standard InChI is InChI=1S/C69H112N16O23S2/c1-6-42(4)59(79-57(92)8-3)65(97)75-36-58(93)76-51-41-110(101)67-47(34-50(62(71)94)78-66(98)60(43(5)54(89)39-86)80-64(96)52-33-45(87)38-85(52)68(99)49(77-63(51)95)12-14-55(70)90)46-11-13-53(88)48(61(46)81-67)40-109-32-10-9-15-72-69(100)73-16-18-102-20-22-104-24-26-106-28-30-108-31-29-107-27-25-105-23-21-103-19-17-84-37-44(82-83-84)35-74-56(91)7-2/h11,13,37,42-43,45,49-52,54,59-60,81,86-89H,6-10,12,14-36,38-41H2,1-5H3,(H2,70,90)(H2,71,94)(H,74,91)(H,75,97)(H,76,93)(H,77,95)(H,78,98)(H,79,92)(H,80,96)(H2,72,73,100)/t42-,43-,45+,49-,50-,51-,52-,54-,59-,60-,110?/m0/s1. The summed E-state index contributed by atoms with van der Waals surface area (Å²) in [5.74, 6) is -10.8. The molecule has 39 nitrogen and oxygen atoms in total. The maximum atomic E-state index is 15.3. The number of aromatic hydroxyl groups is 1. The Balaban J connectivity index is 1.12. The highest BCUT2D eigenvalue weighted by molar-refractivity contribution is 7.98. The summed E-state index contributed by atoms with van der Waals surface area (Å²) in [7, 11) is 0. The molecular weight excluding hydrogens is 1480 g/mol. The Labute approximate surface area is 645 Å². The first-order valence-electron chi connectivity index (χ1n) is 37.0. The molecule has 0 spiro atoms. The molecule has 2 aromatic heterocycles. The lowest BCUT2D eigenvalue weighted by Crippen LogP contribution is -2.61. The molecular formula is C69H112N16O23S2. The van der Waals surface area contributed by atoms with Gasteiger partial charge in [0.15, 0.2) is 6.04 Å².